The van der Waals surface area contributed by atoms with Gasteiger partial charge in [0.1, 0.15) is 0 Å². The van der Waals surface area contributed by atoms with Crippen molar-refractivity contribution in [1.82, 2.24) is 0 Å². The van der Waals surface area contributed by atoms with E-state index in [1.165, 1.54) is 0 Å². The Kier molecular flexibility index (Phi) is 5.47. The van der Waals surface area contributed by atoms with Gasteiger partial charge in [0.25, 0.3) is 0 Å². The number of carbonyl (C=O) groups excluding carboxylic acids is 1. The highest BCUT2D eigenvalue weighted by molar-refractivity contribution is 5.79. The second-order valence-corrected chi connectivity index (χ2v) is 5.05. The average Bonchev–Trinajstić information content (AvgIpc) is 2.26. The Labute approximate surface area is 111 Å². The predicted octanol–water partition coefficient (Wildman–Crippen LogP) is 4.19. The van der Waals surface area contributed by atoms with E-state index in [4.69, 9.17) is 0 Å². The third kappa shape index (κ3) is 3.99. The van der Waals surface area contributed by atoms with Gasteiger partial charge in [0.2, 0.25) is 0 Å². The van der Waals surface area contributed by atoms with Crippen LogP contribution in [0, 0.1) is 5.41 Å². The molecule has 0 aliphatic rings. The second kappa shape index (κ2) is 5.77. The summed E-state index contributed by atoms with van der Waals surface area (Å²) in [5.74, 6) is -15.3. The first kappa shape index (κ1) is 19.0. The SMILES string of the molecule is CCC(C)(C)CCOC(=O)C(F)(F)C(F)(F)C(F)(F)F. The van der Waals surface area contributed by atoms with Crippen molar-refractivity contribution in [3.05, 3.63) is 0 Å². The molecule has 0 atom stereocenters. The molecule has 0 saturated heterocycles. The molecular formula is C11H15F7O2. The molecule has 0 bridgehead atoms. The van der Waals surface area contributed by atoms with Gasteiger partial charge in [0.05, 0.1) is 6.61 Å². The maximum absolute atomic E-state index is 12.8. The van der Waals surface area contributed by atoms with Crippen LogP contribution in [-0.2, 0) is 9.53 Å². The molecule has 0 spiro atoms. The third-order valence-electron chi connectivity index (χ3n) is 2.98. The smallest absolute Gasteiger partial charge is 0.460 e. The molecular weight excluding hydrogens is 297 g/mol. The zero-order chi connectivity index (χ0) is 16.4. The fraction of sp³-hybridized carbons (Fsp3) is 0.909. The Balaban J connectivity index is 4.77. The van der Waals surface area contributed by atoms with Crippen molar-refractivity contribution >= 4 is 5.97 Å². The third-order valence-corrected chi connectivity index (χ3v) is 2.98. The van der Waals surface area contributed by atoms with Crippen molar-refractivity contribution in [3.8, 4) is 0 Å². The molecule has 0 heterocycles. The minimum atomic E-state index is -6.54. The first-order valence-corrected chi connectivity index (χ1v) is 5.68. The summed E-state index contributed by atoms with van der Waals surface area (Å²) >= 11 is 0. The van der Waals surface area contributed by atoms with E-state index < -0.39 is 36.0 Å². The van der Waals surface area contributed by atoms with Crippen LogP contribution in [0.3, 0.4) is 0 Å². The summed E-state index contributed by atoms with van der Waals surface area (Å²) in [4.78, 5) is 10.8. The van der Waals surface area contributed by atoms with E-state index >= 15 is 0 Å². The minimum absolute atomic E-state index is 0.0584. The summed E-state index contributed by atoms with van der Waals surface area (Å²) in [6.07, 6.45) is -5.90. The largest absolute Gasteiger partial charge is 0.461 e. The molecule has 0 aromatic heterocycles. The van der Waals surface area contributed by atoms with Crippen LogP contribution < -0.4 is 0 Å². The van der Waals surface area contributed by atoms with Crippen molar-refractivity contribution in [1.29, 1.82) is 0 Å². The van der Waals surface area contributed by atoms with Crippen LogP contribution in [0.4, 0.5) is 30.7 Å². The Bertz CT molecular complexity index is 347. The molecule has 0 aromatic carbocycles. The van der Waals surface area contributed by atoms with Gasteiger partial charge in [-0.2, -0.15) is 30.7 Å². The van der Waals surface area contributed by atoms with Crippen molar-refractivity contribution in [2.24, 2.45) is 5.41 Å². The van der Waals surface area contributed by atoms with Crippen LogP contribution in [0.25, 0.3) is 0 Å². The highest BCUT2D eigenvalue weighted by Crippen LogP contribution is 2.47. The fourth-order valence-electron chi connectivity index (χ4n) is 0.994. The summed E-state index contributed by atoms with van der Waals surface area (Å²) < 4.78 is 90.0. The lowest BCUT2D eigenvalue weighted by atomic mass is 9.87. The van der Waals surface area contributed by atoms with Gasteiger partial charge < -0.3 is 4.74 Å². The number of esters is 1. The van der Waals surface area contributed by atoms with Crippen molar-refractivity contribution in [2.75, 3.05) is 6.61 Å². The van der Waals surface area contributed by atoms with Crippen molar-refractivity contribution in [2.45, 2.75) is 51.6 Å². The van der Waals surface area contributed by atoms with Gasteiger partial charge >= 0.3 is 24.0 Å². The highest BCUT2D eigenvalue weighted by atomic mass is 19.4. The number of halogens is 7. The first-order valence-electron chi connectivity index (χ1n) is 5.68. The zero-order valence-electron chi connectivity index (χ0n) is 11.1. The fourth-order valence-corrected chi connectivity index (χ4v) is 0.994. The zero-order valence-corrected chi connectivity index (χ0v) is 11.1. The molecule has 0 N–H and O–H groups in total. The number of alkyl halides is 7. The van der Waals surface area contributed by atoms with Gasteiger partial charge in [-0.1, -0.05) is 27.2 Å². The molecule has 0 radical (unpaired) electrons. The predicted molar refractivity (Wildman–Crippen MR) is 55.6 cm³/mol. The van der Waals surface area contributed by atoms with Gasteiger partial charge in [-0.3, -0.25) is 0 Å². The van der Waals surface area contributed by atoms with Gasteiger partial charge in [-0.15, -0.1) is 0 Å². The van der Waals surface area contributed by atoms with E-state index in [0.717, 1.165) is 0 Å². The Morgan fingerprint density at radius 1 is 1.00 bits per heavy atom. The standard InChI is InChI=1S/C11H15F7O2/c1-4-8(2,3)5-6-20-7(19)9(12,13)10(14,15)11(16,17)18/h4-6H2,1-3H3. The molecule has 2 nitrogen and oxygen atoms in total. The van der Waals surface area contributed by atoms with Crippen LogP contribution in [0.5, 0.6) is 0 Å². The molecule has 0 rings (SSSR count). The lowest BCUT2D eigenvalue weighted by Gasteiger charge is -2.27. The second-order valence-electron chi connectivity index (χ2n) is 5.05. The maximum atomic E-state index is 12.8. The van der Waals surface area contributed by atoms with E-state index in [0.29, 0.717) is 6.42 Å². The van der Waals surface area contributed by atoms with Gasteiger partial charge in [-0.25, -0.2) is 4.79 Å². The quantitative estimate of drug-likeness (QED) is 0.543. The number of carbonyl (C=O) groups is 1. The van der Waals surface area contributed by atoms with Gasteiger partial charge in [-0.05, 0) is 11.8 Å². The summed E-state index contributed by atoms with van der Waals surface area (Å²) in [6.45, 7) is 4.49. The van der Waals surface area contributed by atoms with Crippen LogP contribution in [0.2, 0.25) is 0 Å². The van der Waals surface area contributed by atoms with E-state index in [2.05, 4.69) is 4.74 Å². The topological polar surface area (TPSA) is 26.3 Å². The van der Waals surface area contributed by atoms with E-state index in [-0.39, 0.29) is 6.42 Å². The molecule has 9 heteroatoms. The van der Waals surface area contributed by atoms with Crippen LogP contribution in [0.15, 0.2) is 0 Å². The highest BCUT2D eigenvalue weighted by Gasteiger charge is 2.77. The number of hydrogen-bond donors (Lipinski definition) is 0. The normalized spacial score (nSPS) is 14.3. The minimum Gasteiger partial charge on any atom is -0.461 e. The molecule has 0 fully saturated rings. The van der Waals surface area contributed by atoms with Crippen LogP contribution in [0.1, 0.15) is 33.6 Å². The van der Waals surface area contributed by atoms with Crippen molar-refractivity contribution in [3.63, 3.8) is 0 Å². The number of ether oxygens (including phenoxy) is 1. The van der Waals surface area contributed by atoms with Gasteiger partial charge in [0, 0.05) is 0 Å². The summed E-state index contributed by atoms with van der Waals surface area (Å²) in [7, 11) is 0. The monoisotopic (exact) mass is 312 g/mol. The average molecular weight is 312 g/mol. The summed E-state index contributed by atoms with van der Waals surface area (Å²) in [6, 6.07) is 0. The Morgan fingerprint density at radius 3 is 1.80 bits per heavy atom. The van der Waals surface area contributed by atoms with Crippen molar-refractivity contribution < 1.29 is 40.3 Å². The molecule has 0 unspecified atom stereocenters. The number of hydrogen-bond acceptors (Lipinski definition) is 2. The van der Waals surface area contributed by atoms with E-state index in [1.54, 1.807) is 20.8 Å². The molecule has 0 amide bonds. The van der Waals surface area contributed by atoms with E-state index in [1.807, 2.05) is 0 Å². The van der Waals surface area contributed by atoms with Gasteiger partial charge in [0.15, 0.2) is 0 Å². The first-order chi connectivity index (χ1) is 8.69. The molecule has 0 aliphatic heterocycles. The van der Waals surface area contributed by atoms with E-state index in [9.17, 15) is 35.5 Å². The molecule has 20 heavy (non-hydrogen) atoms. The Hall–Kier alpha value is -1.02. The lowest BCUT2D eigenvalue weighted by Crippen LogP contribution is -2.56. The summed E-state index contributed by atoms with van der Waals surface area (Å²) in [5, 5.41) is 0. The van der Waals surface area contributed by atoms with Crippen LogP contribution in [-0.4, -0.2) is 30.6 Å². The molecule has 0 saturated carbocycles. The molecule has 120 valence electrons. The summed E-state index contributed by atoms with van der Waals surface area (Å²) in [5.41, 5.74) is -0.415. The number of rotatable bonds is 6. The maximum Gasteiger partial charge on any atom is 0.460 e. The Morgan fingerprint density at radius 2 is 1.45 bits per heavy atom. The molecule has 0 aliphatic carbocycles. The van der Waals surface area contributed by atoms with Crippen LogP contribution >= 0.6 is 0 Å². The molecule has 0 aromatic rings. The lowest BCUT2D eigenvalue weighted by molar-refractivity contribution is -0.348.